The molecule has 2 unspecified atom stereocenters. The fourth-order valence-electron chi connectivity index (χ4n) is 2.77. The smallest absolute Gasteiger partial charge is 0.262 e. The normalized spacial score (nSPS) is 26.3. The predicted octanol–water partition coefficient (Wildman–Crippen LogP) is 1.16. The number of carbonyl (C=O) groups is 1. The Morgan fingerprint density at radius 2 is 2.22 bits per heavy atom. The van der Waals surface area contributed by atoms with Crippen LogP contribution in [-0.4, -0.2) is 58.8 Å². The van der Waals surface area contributed by atoms with Crippen LogP contribution in [0.2, 0.25) is 0 Å². The molecule has 0 bridgehead atoms. The van der Waals surface area contributed by atoms with Gasteiger partial charge >= 0.3 is 0 Å². The molecule has 2 aliphatic rings. The molecule has 2 aliphatic heterocycles. The number of halogens is 4. The molecule has 10 heteroatoms. The van der Waals surface area contributed by atoms with E-state index < -0.39 is 24.9 Å². The second kappa shape index (κ2) is 7.74. The second-order valence-electron chi connectivity index (χ2n) is 5.58. The third-order valence-corrected chi connectivity index (χ3v) is 3.88. The van der Waals surface area contributed by atoms with Gasteiger partial charge < -0.3 is 9.64 Å². The molecule has 0 radical (unpaired) electrons. The maximum absolute atomic E-state index is 13.2. The van der Waals surface area contributed by atoms with Gasteiger partial charge in [-0.2, -0.15) is 5.10 Å². The summed E-state index contributed by atoms with van der Waals surface area (Å²) in [6, 6.07) is -0.798. The van der Waals surface area contributed by atoms with E-state index in [0.29, 0.717) is 19.7 Å². The van der Waals surface area contributed by atoms with Crippen molar-refractivity contribution < 1.29 is 18.3 Å². The molecule has 132 valence electrons. The molecule has 2 saturated heterocycles. The van der Waals surface area contributed by atoms with E-state index in [1.165, 1.54) is 0 Å². The monoisotopic (exact) mass is 372 g/mol. The molecule has 3 rings (SSSR count). The lowest BCUT2D eigenvalue weighted by atomic mass is 10.1. The van der Waals surface area contributed by atoms with Crippen molar-refractivity contribution >= 4 is 30.7 Å². The zero-order chi connectivity index (χ0) is 15.0. The minimum Gasteiger partial charge on any atom is -0.370 e. The number of carbonyl (C=O) groups excluding carboxylic acids is 1. The third-order valence-electron chi connectivity index (χ3n) is 3.88. The highest BCUT2D eigenvalue weighted by Crippen LogP contribution is 2.28. The van der Waals surface area contributed by atoms with Crippen molar-refractivity contribution in [2.75, 3.05) is 26.2 Å². The van der Waals surface area contributed by atoms with Crippen LogP contribution in [0, 0.1) is 0 Å². The number of hydrogen-bond donors (Lipinski definition) is 1. The number of aryl methyl sites for hydroxylation is 1. The molecule has 1 N–H and O–H groups in total. The average Bonchev–Trinajstić information content (AvgIpc) is 3.04. The molecule has 2 fully saturated rings. The summed E-state index contributed by atoms with van der Waals surface area (Å²) in [5, 5.41) is 6.68. The van der Waals surface area contributed by atoms with Gasteiger partial charge in [0.1, 0.15) is 6.10 Å². The van der Waals surface area contributed by atoms with E-state index in [1.807, 2.05) is 6.20 Å². The van der Waals surface area contributed by atoms with Crippen LogP contribution in [0.5, 0.6) is 0 Å². The van der Waals surface area contributed by atoms with Crippen molar-refractivity contribution in [2.45, 2.75) is 24.5 Å². The van der Waals surface area contributed by atoms with Crippen molar-refractivity contribution in [2.24, 2.45) is 7.05 Å². The van der Waals surface area contributed by atoms with E-state index in [0.717, 1.165) is 5.56 Å². The Morgan fingerprint density at radius 1 is 1.48 bits per heavy atom. The Hall–Kier alpha value is -0.960. The topological polar surface area (TPSA) is 59.4 Å². The third kappa shape index (κ3) is 4.53. The standard InChI is InChI=1S/C13H18F2N4O2.2ClH/c1-18-6-9(5-17-18)11-7-19(2-3-21-11)12(20)10-4-13(14,15)8-16-10;;/h5-6,10-11,16H,2-4,7-8H2,1H3;2*1H. The van der Waals surface area contributed by atoms with E-state index in [1.54, 1.807) is 22.8 Å². The van der Waals surface area contributed by atoms with Crippen LogP contribution in [0.1, 0.15) is 18.1 Å². The molecule has 23 heavy (non-hydrogen) atoms. The van der Waals surface area contributed by atoms with Crippen LogP contribution in [0.15, 0.2) is 12.4 Å². The molecule has 0 aliphatic carbocycles. The van der Waals surface area contributed by atoms with Crippen LogP contribution in [0.4, 0.5) is 8.78 Å². The van der Waals surface area contributed by atoms with E-state index >= 15 is 0 Å². The SMILES string of the molecule is Cl.Cl.Cn1cc(C2CN(C(=O)C3CC(F)(F)CN3)CCO2)cn1. The molecule has 1 aromatic heterocycles. The number of hydrogen-bond acceptors (Lipinski definition) is 4. The van der Waals surface area contributed by atoms with Gasteiger partial charge in [0.05, 0.1) is 31.9 Å². The molecule has 3 heterocycles. The molecular formula is C13H20Cl2F2N4O2. The first-order valence-electron chi connectivity index (χ1n) is 6.95. The number of nitrogens with one attached hydrogen (secondary N) is 1. The van der Waals surface area contributed by atoms with Crippen LogP contribution in [-0.2, 0) is 16.6 Å². The summed E-state index contributed by atoms with van der Waals surface area (Å²) in [4.78, 5) is 13.9. The highest BCUT2D eigenvalue weighted by molar-refractivity contribution is 5.85. The number of amides is 1. The lowest BCUT2D eigenvalue weighted by molar-refractivity contribution is -0.141. The van der Waals surface area contributed by atoms with Crippen molar-refractivity contribution in [3.8, 4) is 0 Å². The van der Waals surface area contributed by atoms with Gasteiger partial charge in [-0.25, -0.2) is 8.78 Å². The van der Waals surface area contributed by atoms with Gasteiger partial charge in [-0.05, 0) is 0 Å². The molecule has 6 nitrogen and oxygen atoms in total. The van der Waals surface area contributed by atoms with Crippen LogP contribution >= 0.6 is 24.8 Å². The molecular weight excluding hydrogens is 353 g/mol. The second-order valence-corrected chi connectivity index (χ2v) is 5.58. The van der Waals surface area contributed by atoms with Gasteiger partial charge in [0.2, 0.25) is 5.91 Å². The quantitative estimate of drug-likeness (QED) is 0.846. The number of ether oxygens (including phenoxy) is 1. The van der Waals surface area contributed by atoms with E-state index in [9.17, 15) is 13.6 Å². The van der Waals surface area contributed by atoms with Crippen molar-refractivity contribution in [3.63, 3.8) is 0 Å². The zero-order valence-corrected chi connectivity index (χ0v) is 14.2. The summed E-state index contributed by atoms with van der Waals surface area (Å²) in [6.07, 6.45) is 2.85. The molecule has 0 spiro atoms. The molecule has 2 atom stereocenters. The minimum absolute atomic E-state index is 0. The van der Waals surface area contributed by atoms with Gasteiger partial charge in [-0.1, -0.05) is 0 Å². The first-order chi connectivity index (χ1) is 9.94. The first kappa shape index (κ1) is 20.1. The number of morpholine rings is 1. The van der Waals surface area contributed by atoms with Crippen molar-refractivity contribution in [3.05, 3.63) is 18.0 Å². The van der Waals surface area contributed by atoms with E-state index in [4.69, 9.17) is 4.74 Å². The summed E-state index contributed by atoms with van der Waals surface area (Å²) in [5.41, 5.74) is 0.889. The molecule has 0 saturated carbocycles. The Labute approximate surface area is 145 Å². The number of nitrogens with zero attached hydrogens (tertiary/aromatic N) is 3. The Bertz CT molecular complexity index is 544. The van der Waals surface area contributed by atoms with Gasteiger partial charge in [-0.3, -0.25) is 14.8 Å². The maximum atomic E-state index is 13.2. The minimum atomic E-state index is -2.80. The van der Waals surface area contributed by atoms with E-state index in [-0.39, 0.29) is 36.8 Å². The van der Waals surface area contributed by atoms with Crippen LogP contribution in [0.3, 0.4) is 0 Å². The lowest BCUT2D eigenvalue weighted by Crippen LogP contribution is -2.49. The molecule has 0 aromatic carbocycles. The number of rotatable bonds is 2. The average molecular weight is 373 g/mol. The maximum Gasteiger partial charge on any atom is 0.262 e. The van der Waals surface area contributed by atoms with Gasteiger partial charge in [-0.15, -0.1) is 24.8 Å². The zero-order valence-electron chi connectivity index (χ0n) is 12.6. The first-order valence-corrected chi connectivity index (χ1v) is 6.95. The van der Waals surface area contributed by atoms with E-state index in [2.05, 4.69) is 10.4 Å². The molecule has 1 aromatic rings. The lowest BCUT2D eigenvalue weighted by Gasteiger charge is -2.34. The summed E-state index contributed by atoms with van der Waals surface area (Å²) >= 11 is 0. The largest absolute Gasteiger partial charge is 0.370 e. The fraction of sp³-hybridized carbons (Fsp3) is 0.692. The van der Waals surface area contributed by atoms with Crippen molar-refractivity contribution in [1.29, 1.82) is 0 Å². The van der Waals surface area contributed by atoms with Gasteiger partial charge in [0.25, 0.3) is 5.92 Å². The molecule has 1 amide bonds. The highest BCUT2D eigenvalue weighted by atomic mass is 35.5. The van der Waals surface area contributed by atoms with Gasteiger partial charge in [0.15, 0.2) is 0 Å². The Morgan fingerprint density at radius 3 is 2.78 bits per heavy atom. The predicted molar refractivity (Wildman–Crippen MR) is 84.3 cm³/mol. The van der Waals surface area contributed by atoms with Gasteiger partial charge in [0, 0.05) is 31.8 Å². The number of aromatic nitrogens is 2. The van der Waals surface area contributed by atoms with Crippen LogP contribution in [0.25, 0.3) is 0 Å². The van der Waals surface area contributed by atoms with Crippen molar-refractivity contribution in [1.82, 2.24) is 20.0 Å². The Balaban J connectivity index is 0.00000132. The Kier molecular flexibility index (Phi) is 6.76. The fourth-order valence-corrected chi connectivity index (χ4v) is 2.77. The summed E-state index contributed by atoms with van der Waals surface area (Å²) < 4.78 is 33.7. The summed E-state index contributed by atoms with van der Waals surface area (Å²) in [7, 11) is 1.81. The number of alkyl halides is 2. The highest BCUT2D eigenvalue weighted by Gasteiger charge is 2.44. The van der Waals surface area contributed by atoms with Crippen LogP contribution < -0.4 is 5.32 Å². The summed E-state index contributed by atoms with van der Waals surface area (Å²) in [5.74, 6) is -3.07. The summed E-state index contributed by atoms with van der Waals surface area (Å²) in [6.45, 7) is 0.766.